The molecule has 2 nitrogen and oxygen atoms in total. The highest BCUT2D eigenvalue weighted by atomic mass is 79.9. The van der Waals surface area contributed by atoms with Gasteiger partial charge in [0.25, 0.3) is 0 Å². The van der Waals surface area contributed by atoms with Gasteiger partial charge in [-0.3, -0.25) is 0 Å². The lowest BCUT2D eigenvalue weighted by Gasteiger charge is -2.10. The molecular formula is C13H8Br2ClNOS. The summed E-state index contributed by atoms with van der Waals surface area (Å²) < 4.78 is 7.40. The Bertz CT molecular complexity index is 649. The Labute approximate surface area is 138 Å². The molecule has 2 aromatic rings. The molecule has 0 aliphatic rings. The Balaban J connectivity index is 2.31. The highest BCUT2D eigenvalue weighted by Crippen LogP contribution is 2.33. The van der Waals surface area contributed by atoms with Gasteiger partial charge in [0.2, 0.25) is 0 Å². The molecule has 0 spiro atoms. The van der Waals surface area contributed by atoms with E-state index in [0.717, 1.165) is 14.5 Å². The minimum atomic E-state index is 0.332. The Kier molecular flexibility index (Phi) is 4.84. The van der Waals surface area contributed by atoms with E-state index in [9.17, 15) is 0 Å². The van der Waals surface area contributed by atoms with Crippen molar-refractivity contribution in [3.05, 3.63) is 55.9 Å². The molecule has 2 rings (SSSR count). The summed E-state index contributed by atoms with van der Waals surface area (Å²) in [6, 6.07) is 10.8. The first kappa shape index (κ1) is 14.8. The number of hydrogen-bond donors (Lipinski definition) is 1. The fourth-order valence-corrected chi connectivity index (χ4v) is 2.82. The molecule has 2 aromatic carbocycles. The van der Waals surface area contributed by atoms with Crippen LogP contribution in [-0.2, 0) is 0 Å². The highest BCUT2D eigenvalue weighted by molar-refractivity contribution is 9.10. The van der Waals surface area contributed by atoms with Gasteiger partial charge in [0.1, 0.15) is 16.5 Å². The van der Waals surface area contributed by atoms with Crippen molar-refractivity contribution >= 4 is 60.7 Å². The molecule has 0 fully saturated rings. The van der Waals surface area contributed by atoms with Gasteiger partial charge < -0.3 is 10.5 Å². The highest BCUT2D eigenvalue weighted by Gasteiger charge is 2.08. The van der Waals surface area contributed by atoms with Crippen LogP contribution < -0.4 is 10.5 Å². The molecule has 0 aliphatic carbocycles. The molecule has 98 valence electrons. The van der Waals surface area contributed by atoms with Crippen molar-refractivity contribution in [3.8, 4) is 11.5 Å². The van der Waals surface area contributed by atoms with Crippen LogP contribution in [0.5, 0.6) is 11.5 Å². The van der Waals surface area contributed by atoms with Gasteiger partial charge in [-0.1, -0.05) is 39.7 Å². The third-order valence-corrected chi connectivity index (χ3v) is 4.01. The van der Waals surface area contributed by atoms with Crippen LogP contribution in [0, 0.1) is 0 Å². The number of ether oxygens (including phenoxy) is 1. The number of halogens is 3. The zero-order valence-electron chi connectivity index (χ0n) is 9.49. The first-order chi connectivity index (χ1) is 8.97. The van der Waals surface area contributed by atoms with Crippen molar-refractivity contribution in [1.82, 2.24) is 0 Å². The van der Waals surface area contributed by atoms with Gasteiger partial charge in [-0.15, -0.1) is 0 Å². The molecule has 0 aliphatic heterocycles. The molecule has 0 bridgehead atoms. The number of rotatable bonds is 3. The molecule has 0 heterocycles. The van der Waals surface area contributed by atoms with Gasteiger partial charge in [0.05, 0.1) is 5.02 Å². The summed E-state index contributed by atoms with van der Waals surface area (Å²) in [5, 5.41) is 0.540. The predicted octanol–water partition coefficient (Wildman–Crippen LogP) is 5.29. The minimum absolute atomic E-state index is 0.332. The topological polar surface area (TPSA) is 35.2 Å². The lowest BCUT2D eigenvalue weighted by molar-refractivity contribution is 0.482. The van der Waals surface area contributed by atoms with Crippen molar-refractivity contribution in [1.29, 1.82) is 0 Å². The van der Waals surface area contributed by atoms with Crippen molar-refractivity contribution in [3.63, 3.8) is 0 Å². The van der Waals surface area contributed by atoms with Crippen molar-refractivity contribution < 1.29 is 4.74 Å². The molecule has 0 saturated heterocycles. The van der Waals surface area contributed by atoms with Gasteiger partial charge in [0, 0.05) is 14.5 Å². The zero-order valence-corrected chi connectivity index (χ0v) is 14.2. The molecule has 0 aromatic heterocycles. The number of benzene rings is 2. The summed E-state index contributed by atoms with van der Waals surface area (Å²) >= 11 is 17.8. The summed E-state index contributed by atoms with van der Waals surface area (Å²) in [4.78, 5) is 0.332. The smallest absolute Gasteiger partial charge is 0.147 e. The Morgan fingerprint density at radius 3 is 2.53 bits per heavy atom. The van der Waals surface area contributed by atoms with Crippen molar-refractivity contribution in [2.24, 2.45) is 5.73 Å². The molecule has 0 saturated carbocycles. The molecular weight excluding hydrogens is 413 g/mol. The van der Waals surface area contributed by atoms with Crippen LogP contribution in [0.2, 0.25) is 5.02 Å². The van der Waals surface area contributed by atoms with Crippen LogP contribution in [0.1, 0.15) is 5.56 Å². The van der Waals surface area contributed by atoms with Gasteiger partial charge in [-0.25, -0.2) is 0 Å². The maximum atomic E-state index is 6.07. The quantitative estimate of drug-likeness (QED) is 0.684. The second kappa shape index (κ2) is 6.22. The minimum Gasteiger partial charge on any atom is -0.456 e. The van der Waals surface area contributed by atoms with Crippen LogP contribution >= 0.6 is 55.7 Å². The molecule has 6 heteroatoms. The van der Waals surface area contributed by atoms with Gasteiger partial charge in [-0.05, 0) is 52.3 Å². The van der Waals surface area contributed by atoms with E-state index in [1.54, 1.807) is 30.3 Å². The zero-order chi connectivity index (χ0) is 14.0. The summed E-state index contributed by atoms with van der Waals surface area (Å²) in [7, 11) is 0. The van der Waals surface area contributed by atoms with Crippen LogP contribution in [0.4, 0.5) is 0 Å². The predicted molar refractivity (Wildman–Crippen MR) is 89.3 cm³/mol. The SMILES string of the molecule is NC(=S)c1ccc(Oc2cc(Br)ccc2Cl)cc1Br. The van der Waals surface area contributed by atoms with Crippen LogP contribution in [0.15, 0.2) is 45.3 Å². The second-order valence-electron chi connectivity index (χ2n) is 3.68. The maximum Gasteiger partial charge on any atom is 0.147 e. The van der Waals surface area contributed by atoms with E-state index in [-0.39, 0.29) is 0 Å². The second-order valence-corrected chi connectivity index (χ2v) is 6.30. The van der Waals surface area contributed by atoms with Crippen molar-refractivity contribution in [2.75, 3.05) is 0 Å². The Morgan fingerprint density at radius 2 is 1.89 bits per heavy atom. The van der Waals surface area contributed by atoms with E-state index < -0.39 is 0 Å². The summed E-state index contributed by atoms with van der Waals surface area (Å²) in [6.07, 6.45) is 0. The van der Waals surface area contributed by atoms with E-state index in [1.807, 2.05) is 6.07 Å². The number of hydrogen-bond acceptors (Lipinski definition) is 2. The molecule has 19 heavy (non-hydrogen) atoms. The Hall–Kier alpha value is -0.620. The van der Waals surface area contributed by atoms with Crippen LogP contribution in [-0.4, -0.2) is 4.99 Å². The van der Waals surface area contributed by atoms with Gasteiger partial charge >= 0.3 is 0 Å². The summed E-state index contributed by atoms with van der Waals surface area (Å²) in [5.74, 6) is 1.22. The molecule has 0 atom stereocenters. The van der Waals surface area contributed by atoms with E-state index >= 15 is 0 Å². The summed E-state index contributed by atoms with van der Waals surface area (Å²) in [5.41, 5.74) is 6.36. The molecule has 2 N–H and O–H groups in total. The average molecular weight is 422 g/mol. The van der Waals surface area contributed by atoms with Crippen LogP contribution in [0.3, 0.4) is 0 Å². The largest absolute Gasteiger partial charge is 0.456 e. The summed E-state index contributed by atoms with van der Waals surface area (Å²) in [6.45, 7) is 0. The fourth-order valence-electron chi connectivity index (χ4n) is 1.44. The normalized spacial score (nSPS) is 10.3. The van der Waals surface area contributed by atoms with Gasteiger partial charge in [0.15, 0.2) is 0 Å². The van der Waals surface area contributed by atoms with E-state index in [2.05, 4.69) is 31.9 Å². The number of thiocarbonyl (C=S) groups is 1. The average Bonchev–Trinajstić information content (AvgIpc) is 2.33. The number of nitrogens with two attached hydrogens (primary N) is 1. The maximum absolute atomic E-state index is 6.07. The first-order valence-corrected chi connectivity index (χ1v) is 7.57. The van der Waals surface area contributed by atoms with E-state index in [1.165, 1.54) is 0 Å². The van der Waals surface area contributed by atoms with Gasteiger partial charge in [-0.2, -0.15) is 0 Å². The van der Waals surface area contributed by atoms with E-state index in [4.69, 9.17) is 34.3 Å². The van der Waals surface area contributed by atoms with E-state index in [0.29, 0.717) is 21.5 Å². The molecule has 0 unspecified atom stereocenters. The van der Waals surface area contributed by atoms with Crippen molar-refractivity contribution in [2.45, 2.75) is 0 Å². The third kappa shape index (κ3) is 3.69. The fraction of sp³-hybridized carbons (Fsp3) is 0. The lowest BCUT2D eigenvalue weighted by Crippen LogP contribution is -2.09. The lowest BCUT2D eigenvalue weighted by atomic mass is 10.2. The molecule has 0 radical (unpaired) electrons. The third-order valence-electron chi connectivity index (χ3n) is 2.33. The standard InChI is InChI=1S/C13H8Br2ClNOS/c14-7-1-4-11(16)12(5-7)18-8-2-3-9(13(17)19)10(15)6-8/h1-6H,(H2,17,19). The van der Waals surface area contributed by atoms with Crippen LogP contribution in [0.25, 0.3) is 0 Å². The monoisotopic (exact) mass is 419 g/mol. The Morgan fingerprint density at radius 1 is 1.16 bits per heavy atom. The molecule has 0 amide bonds. The first-order valence-electron chi connectivity index (χ1n) is 5.19.